The third-order valence-electron chi connectivity index (χ3n) is 1.65. The van der Waals surface area contributed by atoms with E-state index in [1.165, 1.54) is 11.8 Å². The first-order chi connectivity index (χ1) is 6.74. The van der Waals surface area contributed by atoms with Crippen LogP contribution in [0, 0.1) is 0 Å². The summed E-state index contributed by atoms with van der Waals surface area (Å²) in [6.07, 6.45) is -0.600. The zero-order valence-electron chi connectivity index (χ0n) is 7.10. The first-order valence-electron chi connectivity index (χ1n) is 4.00. The summed E-state index contributed by atoms with van der Waals surface area (Å²) in [6.45, 7) is 0.298. The number of hydrogen-bond acceptors (Lipinski definition) is 4. The Balaban J connectivity index is 1.97. The van der Waals surface area contributed by atoms with Gasteiger partial charge in [-0.2, -0.15) is 0 Å². The predicted octanol–water partition coefficient (Wildman–Crippen LogP) is 2.93. The van der Waals surface area contributed by atoms with Gasteiger partial charge in [-0.05, 0) is 24.3 Å². The molecule has 1 saturated heterocycles. The fraction of sp³-hybridized carbons (Fsp3) is 0.222. The van der Waals surface area contributed by atoms with Crippen LogP contribution in [-0.4, -0.2) is 18.2 Å². The Kier molecular flexibility index (Phi) is 2.84. The highest BCUT2D eigenvalue weighted by Gasteiger charge is 2.25. The molecule has 0 spiro atoms. The highest BCUT2D eigenvalue weighted by Crippen LogP contribution is 2.28. The SMILES string of the molecule is O=C1OCC(Sc2ccc(Cl)cc2)O1. The molecule has 1 unspecified atom stereocenters. The number of halogens is 1. The fourth-order valence-corrected chi connectivity index (χ4v) is 2.02. The lowest BCUT2D eigenvalue weighted by molar-refractivity contribution is 0.129. The summed E-state index contributed by atoms with van der Waals surface area (Å²) in [5.74, 6) is 0. The minimum absolute atomic E-state index is 0.247. The minimum atomic E-state index is -0.600. The van der Waals surface area contributed by atoms with E-state index in [0.717, 1.165) is 4.90 Å². The van der Waals surface area contributed by atoms with Crippen molar-refractivity contribution in [2.45, 2.75) is 10.3 Å². The summed E-state index contributed by atoms with van der Waals surface area (Å²) in [5, 5.41) is 0.689. The Hall–Kier alpha value is -0.870. The van der Waals surface area contributed by atoms with Crippen LogP contribution in [0.3, 0.4) is 0 Å². The zero-order valence-corrected chi connectivity index (χ0v) is 8.68. The second-order valence-electron chi connectivity index (χ2n) is 2.68. The fourth-order valence-electron chi connectivity index (χ4n) is 1.03. The Labute approximate surface area is 90.3 Å². The molecule has 0 aliphatic carbocycles. The Morgan fingerprint density at radius 1 is 1.36 bits per heavy atom. The summed E-state index contributed by atoms with van der Waals surface area (Å²) >= 11 is 7.17. The average molecular weight is 231 g/mol. The molecule has 74 valence electrons. The van der Waals surface area contributed by atoms with Gasteiger partial charge in [0.1, 0.15) is 6.61 Å². The molecular weight excluding hydrogens is 224 g/mol. The summed E-state index contributed by atoms with van der Waals surface area (Å²) < 4.78 is 9.52. The number of carbonyl (C=O) groups is 1. The van der Waals surface area contributed by atoms with Crippen molar-refractivity contribution >= 4 is 29.5 Å². The minimum Gasteiger partial charge on any atom is -0.429 e. The van der Waals surface area contributed by atoms with Crippen molar-refractivity contribution in [3.8, 4) is 0 Å². The van der Waals surface area contributed by atoms with Crippen LogP contribution in [0.25, 0.3) is 0 Å². The third kappa shape index (κ3) is 2.33. The van der Waals surface area contributed by atoms with Gasteiger partial charge < -0.3 is 9.47 Å². The van der Waals surface area contributed by atoms with Gasteiger partial charge in [-0.15, -0.1) is 0 Å². The molecular formula is C9H7ClO3S. The van der Waals surface area contributed by atoms with Crippen molar-refractivity contribution in [1.82, 2.24) is 0 Å². The van der Waals surface area contributed by atoms with Gasteiger partial charge in [-0.3, -0.25) is 0 Å². The van der Waals surface area contributed by atoms with Crippen LogP contribution in [0.4, 0.5) is 4.79 Å². The van der Waals surface area contributed by atoms with Crippen molar-refractivity contribution in [1.29, 1.82) is 0 Å². The molecule has 1 aliphatic rings. The smallest absolute Gasteiger partial charge is 0.429 e. The van der Waals surface area contributed by atoms with Gasteiger partial charge in [-0.25, -0.2) is 4.79 Å². The molecule has 0 bridgehead atoms. The average Bonchev–Trinajstić information content (AvgIpc) is 2.56. The Bertz CT molecular complexity index is 338. The topological polar surface area (TPSA) is 35.5 Å². The molecule has 1 atom stereocenters. The maximum atomic E-state index is 10.6. The van der Waals surface area contributed by atoms with E-state index in [1.54, 1.807) is 12.1 Å². The number of benzene rings is 1. The molecule has 1 aromatic carbocycles. The zero-order chi connectivity index (χ0) is 9.97. The molecule has 1 aliphatic heterocycles. The summed E-state index contributed by atoms with van der Waals surface area (Å²) in [4.78, 5) is 11.6. The number of ether oxygens (including phenoxy) is 2. The Morgan fingerprint density at radius 3 is 2.64 bits per heavy atom. The van der Waals surface area contributed by atoms with E-state index < -0.39 is 6.16 Å². The van der Waals surface area contributed by atoms with E-state index in [0.29, 0.717) is 11.6 Å². The summed E-state index contributed by atoms with van der Waals surface area (Å²) in [5.41, 5.74) is -0.247. The van der Waals surface area contributed by atoms with Gasteiger partial charge in [0.2, 0.25) is 0 Å². The van der Waals surface area contributed by atoms with Crippen LogP contribution in [0.15, 0.2) is 29.2 Å². The first-order valence-corrected chi connectivity index (χ1v) is 5.25. The van der Waals surface area contributed by atoms with Gasteiger partial charge >= 0.3 is 6.16 Å². The lowest BCUT2D eigenvalue weighted by atomic mass is 10.4. The van der Waals surface area contributed by atoms with Gasteiger partial charge in [0.15, 0.2) is 5.44 Å². The van der Waals surface area contributed by atoms with Crippen LogP contribution in [0.1, 0.15) is 0 Å². The number of cyclic esters (lactones) is 2. The van der Waals surface area contributed by atoms with Gasteiger partial charge in [0.05, 0.1) is 0 Å². The van der Waals surface area contributed by atoms with Crippen molar-refractivity contribution in [3.05, 3.63) is 29.3 Å². The third-order valence-corrected chi connectivity index (χ3v) is 2.94. The molecule has 5 heteroatoms. The monoisotopic (exact) mass is 230 g/mol. The highest BCUT2D eigenvalue weighted by atomic mass is 35.5. The maximum absolute atomic E-state index is 10.6. The molecule has 14 heavy (non-hydrogen) atoms. The standard InChI is InChI=1S/C9H7ClO3S/c10-6-1-3-7(4-2-6)14-8-5-12-9(11)13-8/h1-4,8H,5H2. The van der Waals surface area contributed by atoms with E-state index in [4.69, 9.17) is 16.3 Å². The Morgan fingerprint density at radius 2 is 2.07 bits per heavy atom. The van der Waals surface area contributed by atoms with E-state index in [-0.39, 0.29) is 5.44 Å². The quantitative estimate of drug-likeness (QED) is 0.732. The molecule has 0 amide bonds. The molecule has 0 aromatic heterocycles. The van der Waals surface area contributed by atoms with Crippen LogP contribution >= 0.6 is 23.4 Å². The van der Waals surface area contributed by atoms with Crippen LogP contribution < -0.4 is 0 Å². The first kappa shape index (κ1) is 9.68. The molecule has 0 radical (unpaired) electrons. The second kappa shape index (κ2) is 4.11. The van der Waals surface area contributed by atoms with E-state index in [1.807, 2.05) is 12.1 Å². The number of carbonyl (C=O) groups excluding carboxylic acids is 1. The molecule has 1 heterocycles. The van der Waals surface area contributed by atoms with Gasteiger partial charge in [-0.1, -0.05) is 23.4 Å². The van der Waals surface area contributed by atoms with Crippen molar-refractivity contribution in [2.75, 3.05) is 6.61 Å². The predicted molar refractivity (Wildman–Crippen MR) is 53.5 cm³/mol. The second-order valence-corrected chi connectivity index (χ2v) is 4.35. The molecule has 1 aromatic rings. The van der Waals surface area contributed by atoms with Crippen molar-refractivity contribution in [2.24, 2.45) is 0 Å². The van der Waals surface area contributed by atoms with E-state index in [9.17, 15) is 4.79 Å². The number of rotatable bonds is 2. The molecule has 0 N–H and O–H groups in total. The number of hydrogen-bond donors (Lipinski definition) is 0. The van der Waals surface area contributed by atoms with E-state index >= 15 is 0 Å². The molecule has 2 rings (SSSR count). The van der Waals surface area contributed by atoms with Crippen LogP contribution in [0.5, 0.6) is 0 Å². The van der Waals surface area contributed by atoms with Crippen molar-refractivity contribution in [3.63, 3.8) is 0 Å². The lowest BCUT2D eigenvalue weighted by Gasteiger charge is -2.05. The molecule has 3 nitrogen and oxygen atoms in total. The maximum Gasteiger partial charge on any atom is 0.509 e. The summed E-state index contributed by atoms with van der Waals surface area (Å²) in [7, 11) is 0. The van der Waals surface area contributed by atoms with Crippen molar-refractivity contribution < 1.29 is 14.3 Å². The molecule has 1 fully saturated rings. The molecule has 0 saturated carbocycles. The largest absolute Gasteiger partial charge is 0.509 e. The van der Waals surface area contributed by atoms with Gasteiger partial charge in [0, 0.05) is 9.92 Å². The summed E-state index contributed by atoms with van der Waals surface area (Å²) in [6, 6.07) is 7.33. The normalized spacial score (nSPS) is 20.4. The van der Waals surface area contributed by atoms with Crippen LogP contribution in [0.2, 0.25) is 5.02 Å². The number of thioether (sulfide) groups is 1. The van der Waals surface area contributed by atoms with E-state index in [2.05, 4.69) is 4.74 Å². The van der Waals surface area contributed by atoms with Gasteiger partial charge in [0.25, 0.3) is 0 Å². The lowest BCUT2D eigenvalue weighted by Crippen LogP contribution is -2.03. The van der Waals surface area contributed by atoms with Crippen LogP contribution in [-0.2, 0) is 9.47 Å². The highest BCUT2D eigenvalue weighted by molar-refractivity contribution is 7.99.